The highest BCUT2D eigenvalue weighted by Gasteiger charge is 2.21. The maximum Gasteiger partial charge on any atom is 0.273 e. The van der Waals surface area contributed by atoms with Gasteiger partial charge in [0.25, 0.3) is 5.91 Å². The molecule has 7 heteroatoms. The van der Waals surface area contributed by atoms with Crippen LogP contribution in [-0.4, -0.2) is 33.0 Å². The van der Waals surface area contributed by atoms with E-state index in [2.05, 4.69) is 15.5 Å². The van der Waals surface area contributed by atoms with Gasteiger partial charge in [0.1, 0.15) is 5.82 Å². The predicted molar refractivity (Wildman–Crippen MR) is 79.0 cm³/mol. The summed E-state index contributed by atoms with van der Waals surface area (Å²) in [5.41, 5.74) is 6.70. The van der Waals surface area contributed by atoms with Crippen molar-refractivity contribution in [3.63, 3.8) is 0 Å². The van der Waals surface area contributed by atoms with Crippen LogP contribution in [0.4, 0.5) is 4.39 Å². The summed E-state index contributed by atoms with van der Waals surface area (Å²) in [6.45, 7) is 0. The van der Waals surface area contributed by atoms with Crippen LogP contribution in [-0.2, 0) is 0 Å². The number of carbonyl (C=O) groups excluding carboxylic acids is 1. The quantitative estimate of drug-likeness (QED) is 0.897. The molecule has 0 spiro atoms. The molecule has 0 aliphatic heterocycles. The molecule has 1 aliphatic rings. The average Bonchev–Trinajstić information content (AvgIpc) is 3.00. The highest BCUT2D eigenvalue weighted by Crippen LogP contribution is 2.17. The summed E-state index contributed by atoms with van der Waals surface area (Å²) < 4.78 is 12.9. The van der Waals surface area contributed by atoms with Gasteiger partial charge in [-0.15, -0.1) is 5.10 Å². The molecule has 116 valence electrons. The minimum Gasteiger partial charge on any atom is -0.348 e. The number of nitrogens with two attached hydrogens (primary N) is 1. The van der Waals surface area contributed by atoms with Gasteiger partial charge in [0.05, 0.1) is 11.9 Å². The summed E-state index contributed by atoms with van der Waals surface area (Å²) in [6, 6.07) is 6.14. The number of nitrogens with one attached hydrogen (secondary N) is 1. The van der Waals surface area contributed by atoms with E-state index in [4.69, 9.17) is 5.73 Å². The molecular formula is C15H18FN5O. The van der Waals surface area contributed by atoms with E-state index in [-0.39, 0.29) is 29.5 Å². The van der Waals surface area contributed by atoms with Crippen LogP contribution in [0.2, 0.25) is 0 Å². The number of hydrogen-bond acceptors (Lipinski definition) is 4. The maximum atomic E-state index is 12.9. The molecule has 0 bridgehead atoms. The first-order chi connectivity index (χ1) is 10.6. The molecule has 1 fully saturated rings. The Bertz CT molecular complexity index is 646. The van der Waals surface area contributed by atoms with Crippen molar-refractivity contribution in [3.05, 3.63) is 42.0 Å². The number of carbonyl (C=O) groups is 1. The molecule has 22 heavy (non-hydrogen) atoms. The van der Waals surface area contributed by atoms with Gasteiger partial charge >= 0.3 is 0 Å². The molecule has 0 atom stereocenters. The van der Waals surface area contributed by atoms with Crippen LogP contribution in [0, 0.1) is 5.82 Å². The van der Waals surface area contributed by atoms with Crippen molar-refractivity contribution in [2.45, 2.75) is 37.8 Å². The average molecular weight is 303 g/mol. The summed E-state index contributed by atoms with van der Waals surface area (Å²) >= 11 is 0. The van der Waals surface area contributed by atoms with Gasteiger partial charge in [-0.2, -0.15) is 9.90 Å². The highest BCUT2D eigenvalue weighted by molar-refractivity contribution is 5.92. The van der Waals surface area contributed by atoms with Gasteiger partial charge in [0, 0.05) is 12.1 Å². The molecule has 0 saturated heterocycles. The molecule has 2 aromatic rings. The molecule has 1 aliphatic carbocycles. The first-order valence-corrected chi connectivity index (χ1v) is 7.36. The second kappa shape index (κ2) is 6.23. The largest absolute Gasteiger partial charge is 0.348 e. The Labute approximate surface area is 127 Å². The molecule has 3 N–H and O–H groups in total. The van der Waals surface area contributed by atoms with Crippen molar-refractivity contribution in [2.75, 3.05) is 0 Å². The fraction of sp³-hybridized carbons (Fsp3) is 0.400. The Hall–Kier alpha value is -2.28. The van der Waals surface area contributed by atoms with Crippen LogP contribution >= 0.6 is 0 Å². The van der Waals surface area contributed by atoms with Gasteiger partial charge < -0.3 is 11.1 Å². The third-order valence-corrected chi connectivity index (χ3v) is 3.89. The van der Waals surface area contributed by atoms with Gasteiger partial charge in [-0.1, -0.05) is 0 Å². The van der Waals surface area contributed by atoms with Crippen LogP contribution in [0.25, 0.3) is 5.69 Å². The monoisotopic (exact) mass is 303 g/mol. The zero-order chi connectivity index (χ0) is 15.5. The molecule has 1 aromatic heterocycles. The minimum atomic E-state index is -0.329. The van der Waals surface area contributed by atoms with E-state index >= 15 is 0 Å². The number of hydrogen-bond donors (Lipinski definition) is 2. The van der Waals surface area contributed by atoms with Gasteiger partial charge in [0.2, 0.25) is 0 Å². The van der Waals surface area contributed by atoms with Crippen molar-refractivity contribution >= 4 is 5.91 Å². The number of rotatable bonds is 3. The zero-order valence-corrected chi connectivity index (χ0v) is 12.1. The van der Waals surface area contributed by atoms with E-state index in [1.807, 2.05) is 0 Å². The molecule has 0 radical (unpaired) electrons. The lowest BCUT2D eigenvalue weighted by Crippen LogP contribution is -2.40. The fourth-order valence-corrected chi connectivity index (χ4v) is 2.59. The molecule has 1 amide bonds. The fourth-order valence-electron chi connectivity index (χ4n) is 2.59. The van der Waals surface area contributed by atoms with Gasteiger partial charge in [-0.05, 0) is 49.9 Å². The Kier molecular flexibility index (Phi) is 4.15. The van der Waals surface area contributed by atoms with E-state index < -0.39 is 0 Å². The van der Waals surface area contributed by atoms with E-state index in [0.29, 0.717) is 5.69 Å². The standard InChI is InChI=1S/C15H18FN5O/c16-10-1-7-13(8-2-10)21-18-9-14(20-21)15(22)19-12-5-3-11(17)4-6-12/h1-2,7-9,11-12H,3-6,17H2,(H,19,22). The lowest BCUT2D eigenvalue weighted by atomic mass is 9.92. The summed E-state index contributed by atoms with van der Waals surface area (Å²) in [7, 11) is 0. The molecule has 1 saturated carbocycles. The Morgan fingerprint density at radius 2 is 1.91 bits per heavy atom. The molecule has 1 heterocycles. The van der Waals surface area contributed by atoms with Crippen LogP contribution in [0.1, 0.15) is 36.2 Å². The molecule has 6 nitrogen and oxygen atoms in total. The molecule has 0 unspecified atom stereocenters. The summed E-state index contributed by atoms with van der Waals surface area (Å²) in [5, 5.41) is 11.1. The van der Waals surface area contributed by atoms with Crippen LogP contribution in [0.3, 0.4) is 0 Å². The Balaban J connectivity index is 1.65. The number of aromatic nitrogens is 3. The lowest BCUT2D eigenvalue weighted by molar-refractivity contribution is 0.0920. The summed E-state index contributed by atoms with van der Waals surface area (Å²) in [6.07, 6.45) is 5.03. The zero-order valence-electron chi connectivity index (χ0n) is 12.1. The van der Waals surface area contributed by atoms with Crippen molar-refractivity contribution in [1.29, 1.82) is 0 Å². The minimum absolute atomic E-state index is 0.142. The topological polar surface area (TPSA) is 85.8 Å². The number of benzene rings is 1. The Morgan fingerprint density at radius 1 is 1.23 bits per heavy atom. The second-order valence-corrected chi connectivity index (χ2v) is 5.58. The normalized spacial score (nSPS) is 21.5. The summed E-state index contributed by atoms with van der Waals surface area (Å²) in [4.78, 5) is 13.5. The third-order valence-electron chi connectivity index (χ3n) is 3.89. The van der Waals surface area contributed by atoms with E-state index in [1.165, 1.54) is 23.1 Å². The van der Waals surface area contributed by atoms with Crippen molar-refractivity contribution in [1.82, 2.24) is 20.3 Å². The molecular weight excluding hydrogens is 285 g/mol. The van der Waals surface area contributed by atoms with Crippen molar-refractivity contribution in [3.8, 4) is 5.69 Å². The maximum absolute atomic E-state index is 12.9. The SMILES string of the molecule is NC1CCC(NC(=O)c2cnn(-c3ccc(F)cc3)n2)CC1. The number of nitrogens with zero attached hydrogens (tertiary/aromatic N) is 3. The lowest BCUT2D eigenvalue weighted by Gasteiger charge is -2.26. The summed E-state index contributed by atoms with van der Waals surface area (Å²) in [5.74, 6) is -0.571. The van der Waals surface area contributed by atoms with Crippen LogP contribution < -0.4 is 11.1 Å². The van der Waals surface area contributed by atoms with Crippen LogP contribution in [0.5, 0.6) is 0 Å². The first-order valence-electron chi connectivity index (χ1n) is 7.36. The van der Waals surface area contributed by atoms with E-state index in [9.17, 15) is 9.18 Å². The van der Waals surface area contributed by atoms with Gasteiger partial charge in [0.15, 0.2) is 5.69 Å². The van der Waals surface area contributed by atoms with Gasteiger partial charge in [-0.3, -0.25) is 4.79 Å². The van der Waals surface area contributed by atoms with Crippen LogP contribution in [0.15, 0.2) is 30.5 Å². The van der Waals surface area contributed by atoms with Crippen molar-refractivity contribution < 1.29 is 9.18 Å². The predicted octanol–water partition coefficient (Wildman–Crippen LogP) is 1.41. The highest BCUT2D eigenvalue weighted by atomic mass is 19.1. The smallest absolute Gasteiger partial charge is 0.273 e. The second-order valence-electron chi connectivity index (χ2n) is 5.58. The van der Waals surface area contributed by atoms with E-state index in [1.54, 1.807) is 12.1 Å². The van der Waals surface area contributed by atoms with Gasteiger partial charge in [-0.25, -0.2) is 4.39 Å². The third kappa shape index (κ3) is 3.30. The van der Waals surface area contributed by atoms with E-state index in [0.717, 1.165) is 25.7 Å². The Morgan fingerprint density at radius 3 is 2.59 bits per heavy atom. The first kappa shape index (κ1) is 14.6. The number of halogens is 1. The number of amides is 1. The van der Waals surface area contributed by atoms with Crippen molar-refractivity contribution in [2.24, 2.45) is 5.73 Å². The molecule has 1 aromatic carbocycles. The molecule has 3 rings (SSSR count).